The molecule has 0 amide bonds. The molecule has 0 fully saturated rings. The van der Waals surface area contributed by atoms with Crippen LogP contribution in [0.4, 0.5) is 5.13 Å². The van der Waals surface area contributed by atoms with E-state index in [1.165, 1.54) is 21.3 Å². The highest BCUT2D eigenvalue weighted by atomic mass is 32.1. The summed E-state index contributed by atoms with van der Waals surface area (Å²) in [6.07, 6.45) is 0. The van der Waals surface area contributed by atoms with Crippen LogP contribution in [0, 0.1) is 13.8 Å². The molecule has 0 spiro atoms. The van der Waals surface area contributed by atoms with Gasteiger partial charge in [0.25, 0.3) is 0 Å². The van der Waals surface area contributed by atoms with Crippen LogP contribution >= 0.6 is 22.9 Å². The summed E-state index contributed by atoms with van der Waals surface area (Å²) in [6.45, 7) is 4.85. The van der Waals surface area contributed by atoms with E-state index in [0.29, 0.717) is 0 Å². The topological polar surface area (TPSA) is 37.8 Å². The first-order chi connectivity index (χ1) is 6.74. The Bertz CT molecular complexity index is 379. The fraction of sp³-hybridized carbons (Fsp3) is 0.333. The third kappa shape index (κ3) is 2.30. The second-order valence-corrected chi connectivity index (χ2v) is 5.14. The first-order valence-corrected chi connectivity index (χ1v) is 5.92. The van der Waals surface area contributed by atoms with Crippen molar-refractivity contribution in [3.63, 3.8) is 0 Å². The molecule has 0 aliphatic carbocycles. The lowest BCUT2D eigenvalue weighted by Crippen LogP contribution is -1.96. The molecule has 5 heteroatoms. The SMILES string of the molecule is Cc1nsc(NCc2ccc(C)s2)n1. The third-order valence-corrected chi connectivity index (χ3v) is 3.50. The average Bonchev–Trinajstić information content (AvgIpc) is 2.72. The summed E-state index contributed by atoms with van der Waals surface area (Å²) >= 11 is 3.22. The minimum Gasteiger partial charge on any atom is -0.355 e. The number of thiophene rings is 1. The fourth-order valence-electron chi connectivity index (χ4n) is 1.11. The second-order valence-electron chi connectivity index (χ2n) is 3.01. The molecule has 74 valence electrons. The first kappa shape index (κ1) is 9.61. The van der Waals surface area contributed by atoms with Gasteiger partial charge in [0.15, 0.2) is 0 Å². The number of aromatic nitrogens is 2. The lowest BCUT2D eigenvalue weighted by atomic mass is 10.4. The van der Waals surface area contributed by atoms with E-state index in [2.05, 4.69) is 33.7 Å². The summed E-state index contributed by atoms with van der Waals surface area (Å²) in [4.78, 5) is 6.91. The van der Waals surface area contributed by atoms with E-state index in [0.717, 1.165) is 17.5 Å². The zero-order chi connectivity index (χ0) is 9.97. The molecular weight excluding hydrogens is 214 g/mol. The van der Waals surface area contributed by atoms with Crippen molar-refractivity contribution < 1.29 is 0 Å². The number of nitrogens with zero attached hydrogens (tertiary/aromatic N) is 2. The molecular formula is C9H11N3S2. The van der Waals surface area contributed by atoms with Gasteiger partial charge in [-0.2, -0.15) is 4.37 Å². The number of anilines is 1. The molecule has 0 aliphatic rings. The molecule has 3 nitrogen and oxygen atoms in total. The van der Waals surface area contributed by atoms with Crippen LogP contribution in [0.2, 0.25) is 0 Å². The molecule has 0 saturated carbocycles. The van der Waals surface area contributed by atoms with E-state index in [4.69, 9.17) is 0 Å². The number of nitrogens with one attached hydrogen (secondary N) is 1. The van der Waals surface area contributed by atoms with Gasteiger partial charge < -0.3 is 5.32 Å². The summed E-state index contributed by atoms with van der Waals surface area (Å²) in [5.74, 6) is 0.833. The fourth-order valence-corrected chi connectivity index (χ4v) is 2.51. The maximum Gasteiger partial charge on any atom is 0.202 e. The van der Waals surface area contributed by atoms with Gasteiger partial charge in [0.1, 0.15) is 5.82 Å². The van der Waals surface area contributed by atoms with Crippen molar-refractivity contribution in [1.29, 1.82) is 0 Å². The quantitative estimate of drug-likeness (QED) is 0.873. The van der Waals surface area contributed by atoms with Crippen molar-refractivity contribution in [2.45, 2.75) is 20.4 Å². The molecule has 0 aliphatic heterocycles. The molecule has 2 aromatic heterocycles. The number of rotatable bonds is 3. The van der Waals surface area contributed by atoms with E-state index in [1.54, 1.807) is 0 Å². The van der Waals surface area contributed by atoms with E-state index in [9.17, 15) is 0 Å². The van der Waals surface area contributed by atoms with Crippen molar-refractivity contribution in [3.05, 3.63) is 27.7 Å². The van der Waals surface area contributed by atoms with Gasteiger partial charge in [-0.15, -0.1) is 11.3 Å². The van der Waals surface area contributed by atoms with Crippen molar-refractivity contribution >= 4 is 28.0 Å². The molecule has 2 heterocycles. The van der Waals surface area contributed by atoms with Crippen molar-refractivity contribution in [3.8, 4) is 0 Å². The van der Waals surface area contributed by atoms with Gasteiger partial charge in [-0.3, -0.25) is 0 Å². The number of hydrogen-bond donors (Lipinski definition) is 1. The van der Waals surface area contributed by atoms with E-state index >= 15 is 0 Å². The van der Waals surface area contributed by atoms with E-state index in [-0.39, 0.29) is 0 Å². The van der Waals surface area contributed by atoms with Gasteiger partial charge in [-0.25, -0.2) is 4.98 Å². The Morgan fingerprint density at radius 3 is 2.79 bits per heavy atom. The predicted molar refractivity (Wildman–Crippen MR) is 61.0 cm³/mol. The summed E-state index contributed by atoms with van der Waals surface area (Å²) in [5, 5.41) is 4.15. The maximum absolute atomic E-state index is 4.23. The Hall–Kier alpha value is -0.940. The highest BCUT2D eigenvalue weighted by Gasteiger charge is 2.00. The average molecular weight is 225 g/mol. The highest BCUT2D eigenvalue weighted by molar-refractivity contribution is 7.12. The molecule has 0 saturated heterocycles. The van der Waals surface area contributed by atoms with Gasteiger partial charge in [0.2, 0.25) is 5.13 Å². The highest BCUT2D eigenvalue weighted by Crippen LogP contribution is 2.17. The van der Waals surface area contributed by atoms with Crippen LogP contribution in [0.3, 0.4) is 0 Å². The van der Waals surface area contributed by atoms with Crippen LogP contribution in [0.1, 0.15) is 15.6 Å². The zero-order valence-corrected chi connectivity index (χ0v) is 9.71. The minimum absolute atomic E-state index is 0.833. The monoisotopic (exact) mass is 225 g/mol. The molecule has 2 aromatic rings. The van der Waals surface area contributed by atoms with E-state index < -0.39 is 0 Å². The summed E-state index contributed by atoms with van der Waals surface area (Å²) in [5.41, 5.74) is 0. The van der Waals surface area contributed by atoms with E-state index in [1.807, 2.05) is 18.3 Å². The summed E-state index contributed by atoms with van der Waals surface area (Å²) in [7, 11) is 0. The Morgan fingerprint density at radius 1 is 1.36 bits per heavy atom. The smallest absolute Gasteiger partial charge is 0.202 e. The van der Waals surface area contributed by atoms with Crippen molar-refractivity contribution in [1.82, 2.24) is 9.36 Å². The molecule has 0 radical (unpaired) electrons. The van der Waals surface area contributed by atoms with Crippen LogP contribution in [0.5, 0.6) is 0 Å². The lowest BCUT2D eigenvalue weighted by molar-refractivity contribution is 1.12. The summed E-state index contributed by atoms with van der Waals surface area (Å²) < 4.78 is 4.11. The second kappa shape index (κ2) is 4.06. The predicted octanol–water partition coefficient (Wildman–Crippen LogP) is 2.83. The van der Waals surface area contributed by atoms with Gasteiger partial charge in [-0.05, 0) is 26.0 Å². The van der Waals surface area contributed by atoms with Crippen LogP contribution in [0.15, 0.2) is 12.1 Å². The van der Waals surface area contributed by atoms with Gasteiger partial charge in [-0.1, -0.05) is 0 Å². The molecule has 2 rings (SSSR count). The minimum atomic E-state index is 0.833. The van der Waals surface area contributed by atoms with Crippen LogP contribution < -0.4 is 5.32 Å². The molecule has 0 bridgehead atoms. The Balaban J connectivity index is 1.94. The van der Waals surface area contributed by atoms with Crippen LogP contribution in [0.25, 0.3) is 0 Å². The molecule has 0 aromatic carbocycles. The van der Waals surface area contributed by atoms with Crippen molar-refractivity contribution in [2.24, 2.45) is 0 Å². The Morgan fingerprint density at radius 2 is 2.21 bits per heavy atom. The van der Waals surface area contributed by atoms with Gasteiger partial charge in [0, 0.05) is 21.3 Å². The lowest BCUT2D eigenvalue weighted by Gasteiger charge is -1.97. The molecule has 0 unspecified atom stereocenters. The van der Waals surface area contributed by atoms with Crippen molar-refractivity contribution in [2.75, 3.05) is 5.32 Å². The first-order valence-electron chi connectivity index (χ1n) is 4.33. The van der Waals surface area contributed by atoms with Crippen LogP contribution in [-0.4, -0.2) is 9.36 Å². The number of aryl methyl sites for hydroxylation is 2. The maximum atomic E-state index is 4.23. The summed E-state index contributed by atoms with van der Waals surface area (Å²) in [6, 6.07) is 4.27. The molecule has 0 atom stereocenters. The largest absolute Gasteiger partial charge is 0.355 e. The Kier molecular flexibility index (Phi) is 2.79. The van der Waals surface area contributed by atoms with Crippen LogP contribution in [-0.2, 0) is 6.54 Å². The molecule has 14 heavy (non-hydrogen) atoms. The third-order valence-electron chi connectivity index (χ3n) is 1.74. The van der Waals surface area contributed by atoms with Gasteiger partial charge in [0.05, 0.1) is 6.54 Å². The Labute approximate surface area is 91.0 Å². The zero-order valence-electron chi connectivity index (χ0n) is 8.07. The number of hydrogen-bond acceptors (Lipinski definition) is 5. The normalized spacial score (nSPS) is 10.4. The molecule has 1 N–H and O–H groups in total. The standard InChI is InChI=1S/C9H11N3S2/c1-6-3-4-8(13-6)5-10-9-11-7(2)12-14-9/h3-4H,5H2,1-2H3,(H,10,11,12). The van der Waals surface area contributed by atoms with Gasteiger partial charge >= 0.3 is 0 Å².